The summed E-state index contributed by atoms with van der Waals surface area (Å²) in [4.78, 5) is 72.9. The van der Waals surface area contributed by atoms with Crippen LogP contribution in [0.15, 0.2) is 24.3 Å². The molecule has 0 rings (SSSR count). The Morgan fingerprint density at radius 1 is 0.337 bits per heavy atom. The Morgan fingerprint density at radius 2 is 0.602 bits per heavy atom. The molecule has 6 atom stereocenters. The van der Waals surface area contributed by atoms with Gasteiger partial charge in [0, 0.05) is 25.7 Å². The van der Waals surface area contributed by atoms with Crippen molar-refractivity contribution in [3.63, 3.8) is 0 Å². The van der Waals surface area contributed by atoms with E-state index in [1.54, 1.807) is 0 Å². The molecule has 0 aliphatic rings. The SMILES string of the molecule is CCCCCC/C=C\C=C/CCCCCCCC(=O)O[C@H](COC(=O)CCCCCCCCCCCCCCC(C)C)COP(=O)(O)OCC(O)COP(=O)(O)OC[C@@H](COC(=O)CCCCCCCCCC(C)C)OC(=O)CCCCCCCCCCCCCCCCC(C)CC. The maximum absolute atomic E-state index is 13.1. The highest BCUT2D eigenvalue weighted by Crippen LogP contribution is 2.45. The number of esters is 4. The third-order valence-corrected chi connectivity index (χ3v) is 20.0. The molecular weight excluding hydrogens is 1280 g/mol. The van der Waals surface area contributed by atoms with Gasteiger partial charge in [-0.05, 0) is 69.1 Å². The van der Waals surface area contributed by atoms with Gasteiger partial charge in [-0.1, -0.05) is 330 Å². The van der Waals surface area contributed by atoms with Crippen LogP contribution in [0.1, 0.15) is 382 Å². The topological polar surface area (TPSA) is 237 Å². The molecule has 0 saturated heterocycles. The molecule has 17 nitrogen and oxygen atoms in total. The second-order valence-corrected chi connectivity index (χ2v) is 31.9. The number of carbonyl (C=O) groups is 4. The third-order valence-electron chi connectivity index (χ3n) is 18.1. The Kier molecular flexibility index (Phi) is 67.2. The predicted octanol–water partition coefficient (Wildman–Crippen LogP) is 22.9. The minimum Gasteiger partial charge on any atom is -0.462 e. The van der Waals surface area contributed by atoms with E-state index in [1.807, 2.05) is 0 Å². The van der Waals surface area contributed by atoms with Gasteiger partial charge in [-0.2, -0.15) is 0 Å². The van der Waals surface area contributed by atoms with Gasteiger partial charge in [0.05, 0.1) is 26.4 Å². The molecule has 0 aliphatic carbocycles. The number of aliphatic hydroxyl groups excluding tert-OH is 1. The molecule has 19 heteroatoms. The van der Waals surface area contributed by atoms with Crippen molar-refractivity contribution in [2.45, 2.75) is 401 Å². The summed E-state index contributed by atoms with van der Waals surface area (Å²) in [5, 5.41) is 10.6. The Morgan fingerprint density at radius 3 is 0.908 bits per heavy atom. The zero-order chi connectivity index (χ0) is 72.3. The predicted molar refractivity (Wildman–Crippen MR) is 400 cm³/mol. The van der Waals surface area contributed by atoms with Gasteiger partial charge in [-0.3, -0.25) is 37.3 Å². The van der Waals surface area contributed by atoms with Crippen molar-refractivity contribution in [1.29, 1.82) is 0 Å². The summed E-state index contributed by atoms with van der Waals surface area (Å²) in [5.74, 6) is 0.182. The fraction of sp³-hybridized carbons (Fsp3) is 0.899. The Labute approximate surface area is 599 Å². The minimum absolute atomic E-state index is 0.0848. The zero-order valence-corrected chi connectivity index (χ0v) is 65.5. The van der Waals surface area contributed by atoms with Crippen molar-refractivity contribution in [3.8, 4) is 0 Å². The largest absolute Gasteiger partial charge is 0.472 e. The number of allylic oxidation sites excluding steroid dienone is 4. The quantitative estimate of drug-likeness (QED) is 0.0169. The number of phosphoric ester groups is 2. The van der Waals surface area contributed by atoms with Crippen LogP contribution < -0.4 is 0 Å². The van der Waals surface area contributed by atoms with E-state index in [9.17, 15) is 43.2 Å². The van der Waals surface area contributed by atoms with Crippen LogP contribution in [0.4, 0.5) is 0 Å². The van der Waals surface area contributed by atoms with Crippen molar-refractivity contribution in [2.75, 3.05) is 39.6 Å². The lowest BCUT2D eigenvalue weighted by Gasteiger charge is -2.21. The molecule has 0 saturated carbocycles. The standard InChI is InChI=1S/C79H150O17P2/c1-8-10-11-12-13-14-15-16-17-21-28-33-40-48-55-62-78(83)95-74(66-89-76(81)60-53-46-39-32-27-24-23-25-30-36-43-50-57-70(3)4)68-93-97(85,86)91-64-73(80)65-92-98(87,88)94-69-75(67-90-77(82)61-54-47-42-35-37-44-51-58-71(5)6)96-79(84)63-56-49-41-34-29-22-19-18-20-26-31-38-45-52-59-72(7)9-2/h14-17,70-75,80H,8-13,18-69H2,1-7H3,(H,85,86)(H,87,88)/b15-14-,17-16-/t72?,73?,74-,75-/m1/s1. The van der Waals surface area contributed by atoms with Crippen molar-refractivity contribution in [1.82, 2.24) is 0 Å². The summed E-state index contributed by atoms with van der Waals surface area (Å²) in [7, 11) is -9.93. The molecule has 0 aromatic carbocycles. The number of carbonyl (C=O) groups excluding carboxylic acids is 4. The van der Waals surface area contributed by atoms with Gasteiger partial charge in [-0.25, -0.2) is 9.13 Å². The third kappa shape index (κ3) is 70.6. The van der Waals surface area contributed by atoms with Crippen molar-refractivity contribution < 1.29 is 80.2 Å². The normalized spacial score (nSPS) is 14.4. The second kappa shape index (κ2) is 68.9. The van der Waals surface area contributed by atoms with Crippen molar-refractivity contribution in [3.05, 3.63) is 24.3 Å². The number of unbranched alkanes of at least 4 members (excludes halogenated alkanes) is 39. The van der Waals surface area contributed by atoms with Crippen LogP contribution in [0.25, 0.3) is 0 Å². The van der Waals surface area contributed by atoms with E-state index in [-0.39, 0.29) is 25.7 Å². The van der Waals surface area contributed by atoms with Gasteiger partial charge in [0.15, 0.2) is 12.2 Å². The number of rotatable bonds is 75. The molecule has 0 heterocycles. The summed E-state index contributed by atoms with van der Waals surface area (Å²) in [5.41, 5.74) is 0. The number of ether oxygens (including phenoxy) is 4. The monoisotopic (exact) mass is 1430 g/mol. The van der Waals surface area contributed by atoms with Crippen molar-refractivity contribution >= 4 is 39.5 Å². The summed E-state index contributed by atoms with van der Waals surface area (Å²) in [6.45, 7) is 11.9. The van der Waals surface area contributed by atoms with E-state index in [0.29, 0.717) is 31.6 Å². The lowest BCUT2D eigenvalue weighted by molar-refractivity contribution is -0.161. The average molecular weight is 1430 g/mol. The lowest BCUT2D eigenvalue weighted by atomic mass is 9.99. The van der Waals surface area contributed by atoms with Crippen LogP contribution in [-0.4, -0.2) is 96.7 Å². The fourth-order valence-electron chi connectivity index (χ4n) is 11.6. The minimum atomic E-state index is -4.97. The van der Waals surface area contributed by atoms with E-state index >= 15 is 0 Å². The first-order chi connectivity index (χ1) is 47.3. The second-order valence-electron chi connectivity index (χ2n) is 29.0. The van der Waals surface area contributed by atoms with E-state index in [4.69, 9.17) is 37.0 Å². The van der Waals surface area contributed by atoms with Crippen LogP contribution in [0.2, 0.25) is 0 Å². The van der Waals surface area contributed by atoms with E-state index < -0.39 is 97.5 Å². The maximum Gasteiger partial charge on any atom is 0.472 e. The molecule has 0 aromatic heterocycles. The molecule has 0 aliphatic heterocycles. The van der Waals surface area contributed by atoms with Gasteiger partial charge in [0.1, 0.15) is 19.3 Å². The molecule has 0 amide bonds. The van der Waals surface area contributed by atoms with Crippen LogP contribution in [0.5, 0.6) is 0 Å². The molecule has 578 valence electrons. The van der Waals surface area contributed by atoms with Gasteiger partial charge in [-0.15, -0.1) is 0 Å². The number of hydrogen-bond acceptors (Lipinski definition) is 15. The lowest BCUT2D eigenvalue weighted by Crippen LogP contribution is -2.30. The molecular formula is C79H150O17P2. The van der Waals surface area contributed by atoms with Crippen LogP contribution in [-0.2, 0) is 65.4 Å². The number of hydrogen-bond donors (Lipinski definition) is 3. The summed E-state index contributed by atoms with van der Waals surface area (Å²) in [6, 6.07) is 0. The van der Waals surface area contributed by atoms with Gasteiger partial charge >= 0.3 is 39.5 Å². The average Bonchev–Trinajstić information content (AvgIpc) is 1.09. The fourth-order valence-corrected chi connectivity index (χ4v) is 13.1. The first-order valence-electron chi connectivity index (χ1n) is 40.2. The number of phosphoric acid groups is 2. The van der Waals surface area contributed by atoms with Crippen LogP contribution >= 0.6 is 15.6 Å². The van der Waals surface area contributed by atoms with E-state index in [2.05, 4.69) is 72.8 Å². The molecule has 98 heavy (non-hydrogen) atoms. The first kappa shape index (κ1) is 95.5. The molecule has 0 fully saturated rings. The molecule has 3 N–H and O–H groups in total. The van der Waals surface area contributed by atoms with Gasteiger partial charge < -0.3 is 33.8 Å². The van der Waals surface area contributed by atoms with Crippen LogP contribution in [0, 0.1) is 17.8 Å². The highest BCUT2D eigenvalue weighted by atomic mass is 31.2. The van der Waals surface area contributed by atoms with Crippen LogP contribution in [0.3, 0.4) is 0 Å². The van der Waals surface area contributed by atoms with Gasteiger partial charge in [0.25, 0.3) is 0 Å². The molecule has 0 radical (unpaired) electrons. The summed E-state index contributed by atoms with van der Waals surface area (Å²) < 4.78 is 68.6. The molecule has 0 spiro atoms. The Hall–Kier alpha value is -2.46. The Balaban J connectivity index is 5.28. The Bertz CT molecular complexity index is 2000. The summed E-state index contributed by atoms with van der Waals surface area (Å²) in [6.07, 6.45) is 59.0. The molecule has 0 aromatic rings. The van der Waals surface area contributed by atoms with E-state index in [1.165, 1.54) is 173 Å². The maximum atomic E-state index is 13.1. The van der Waals surface area contributed by atoms with Gasteiger partial charge in [0.2, 0.25) is 0 Å². The molecule has 0 bridgehead atoms. The highest BCUT2D eigenvalue weighted by molar-refractivity contribution is 7.47. The number of aliphatic hydroxyl groups is 1. The van der Waals surface area contributed by atoms with E-state index in [0.717, 1.165) is 121 Å². The smallest absolute Gasteiger partial charge is 0.462 e. The first-order valence-corrected chi connectivity index (χ1v) is 43.2. The molecule has 4 unspecified atom stereocenters. The zero-order valence-electron chi connectivity index (χ0n) is 63.7. The van der Waals surface area contributed by atoms with Crippen molar-refractivity contribution in [2.24, 2.45) is 17.8 Å². The summed E-state index contributed by atoms with van der Waals surface area (Å²) >= 11 is 0. The highest BCUT2D eigenvalue weighted by Gasteiger charge is 2.30.